The zero-order chi connectivity index (χ0) is 15.0. The second kappa shape index (κ2) is 7.94. The van der Waals surface area contributed by atoms with Crippen LogP contribution in [0.4, 0.5) is 4.79 Å². The molecule has 0 saturated carbocycles. The number of hydrogen-bond acceptors (Lipinski definition) is 7. The van der Waals surface area contributed by atoms with Crippen LogP contribution >= 0.6 is 0 Å². The molecule has 2 rings (SSSR count). The Bertz CT molecular complexity index is 400. The van der Waals surface area contributed by atoms with Gasteiger partial charge in [0.1, 0.15) is 0 Å². The molecule has 1 aliphatic rings. The standard InChI is InChI=1S/C10H13N2O3.ClHO4/c13-10(11-6-8-14-9-7-11)15-12-4-2-1-3-5-12;2-1(3,4)5/h1-5H,6-9H2;(H,2,3,4,5)/q+1;/p-1. The fourth-order valence-electron chi connectivity index (χ4n) is 1.34. The van der Waals surface area contributed by atoms with Gasteiger partial charge in [-0.2, -0.15) is 4.84 Å². The number of morpholine rings is 1. The third-order valence-electron chi connectivity index (χ3n) is 2.14. The van der Waals surface area contributed by atoms with E-state index in [0.717, 1.165) is 0 Å². The SMILES string of the molecule is O=C(O[n+]1ccccc1)N1CCOCC1.[O-][Cl+3]([O-])([O-])[O-]. The number of pyridine rings is 1. The first-order valence-electron chi connectivity index (χ1n) is 5.49. The van der Waals surface area contributed by atoms with Gasteiger partial charge in [-0.1, -0.05) is 6.07 Å². The van der Waals surface area contributed by atoms with Gasteiger partial charge in [0.2, 0.25) is 12.4 Å². The molecule has 0 atom stereocenters. The fourth-order valence-corrected chi connectivity index (χ4v) is 1.34. The topological polar surface area (TPSA) is 135 Å². The maximum absolute atomic E-state index is 11.6. The maximum atomic E-state index is 11.6. The molecule has 0 unspecified atom stereocenters. The number of amides is 1. The molecule has 0 aliphatic carbocycles. The molecule has 0 N–H and O–H groups in total. The third kappa shape index (κ3) is 7.84. The summed E-state index contributed by atoms with van der Waals surface area (Å²) in [5.74, 6) is 0. The third-order valence-corrected chi connectivity index (χ3v) is 2.14. The van der Waals surface area contributed by atoms with E-state index in [9.17, 15) is 4.79 Å². The number of ether oxygens (including phenoxy) is 1. The summed E-state index contributed by atoms with van der Waals surface area (Å²) >= 11 is 0. The zero-order valence-electron chi connectivity index (χ0n) is 10.3. The highest BCUT2D eigenvalue weighted by atomic mass is 35.7. The quantitative estimate of drug-likeness (QED) is 0.474. The molecule has 0 aromatic carbocycles. The van der Waals surface area contributed by atoms with Crippen LogP contribution in [0.2, 0.25) is 0 Å². The minimum atomic E-state index is -4.94. The van der Waals surface area contributed by atoms with Gasteiger partial charge in [0, 0.05) is 30.0 Å². The molecule has 1 aromatic rings. The van der Waals surface area contributed by atoms with E-state index in [1.54, 1.807) is 29.4 Å². The molecule has 0 spiro atoms. The molecular formula is C10H13ClN2O7. The number of aromatic nitrogens is 1. The van der Waals surface area contributed by atoms with Crippen LogP contribution in [0.25, 0.3) is 0 Å². The van der Waals surface area contributed by atoms with Crippen LogP contribution in [0.1, 0.15) is 0 Å². The van der Waals surface area contributed by atoms with Gasteiger partial charge in [-0.15, -0.1) is 10.2 Å². The van der Waals surface area contributed by atoms with Gasteiger partial charge in [-0.05, 0) is 0 Å². The first kappa shape index (κ1) is 16.6. The molecule has 9 nitrogen and oxygen atoms in total. The van der Waals surface area contributed by atoms with Gasteiger partial charge in [0.25, 0.3) is 0 Å². The minimum absolute atomic E-state index is 0.338. The molecule has 1 aliphatic heterocycles. The lowest BCUT2D eigenvalue weighted by atomic mass is 10.5. The summed E-state index contributed by atoms with van der Waals surface area (Å²) in [6, 6.07) is 5.46. The van der Waals surface area contributed by atoms with Gasteiger partial charge in [0.15, 0.2) is 0 Å². The Balaban J connectivity index is 0.000000347. The van der Waals surface area contributed by atoms with Gasteiger partial charge in [0.05, 0.1) is 13.2 Å². The van der Waals surface area contributed by atoms with E-state index in [4.69, 9.17) is 28.2 Å². The molecule has 1 saturated heterocycles. The molecule has 0 bridgehead atoms. The first-order chi connectivity index (χ1) is 9.36. The Morgan fingerprint density at radius 3 is 2.10 bits per heavy atom. The Morgan fingerprint density at radius 1 is 1.10 bits per heavy atom. The largest absolute Gasteiger partial charge is 0.478 e. The highest BCUT2D eigenvalue weighted by Crippen LogP contribution is 1.96. The minimum Gasteiger partial charge on any atom is -0.378 e. The van der Waals surface area contributed by atoms with Crippen LogP contribution in [-0.4, -0.2) is 37.3 Å². The van der Waals surface area contributed by atoms with Crippen LogP contribution in [0.3, 0.4) is 0 Å². The Kier molecular flexibility index (Phi) is 6.58. The molecule has 1 amide bonds. The van der Waals surface area contributed by atoms with E-state index in [2.05, 4.69) is 0 Å². The monoisotopic (exact) mass is 308 g/mol. The number of carbonyl (C=O) groups excluding carboxylic acids is 1. The van der Waals surface area contributed by atoms with Crippen LogP contribution < -0.4 is 28.2 Å². The lowest BCUT2D eigenvalue weighted by molar-refractivity contribution is -2.00. The highest BCUT2D eigenvalue weighted by molar-refractivity contribution is 5.67. The number of halogens is 1. The van der Waals surface area contributed by atoms with Crippen molar-refractivity contribution in [2.75, 3.05) is 26.3 Å². The summed E-state index contributed by atoms with van der Waals surface area (Å²) in [5.41, 5.74) is 0. The normalized spacial score (nSPS) is 15.1. The second-order valence-corrected chi connectivity index (χ2v) is 4.33. The molecule has 2 heterocycles. The average Bonchev–Trinajstić information content (AvgIpc) is 2.39. The van der Waals surface area contributed by atoms with E-state index in [1.807, 2.05) is 6.07 Å². The lowest BCUT2D eigenvalue weighted by Crippen LogP contribution is -2.68. The number of carbonyl (C=O) groups is 1. The second-order valence-electron chi connectivity index (χ2n) is 3.57. The molecule has 10 heteroatoms. The summed E-state index contributed by atoms with van der Waals surface area (Å²) in [6.07, 6.45) is 3.02. The highest BCUT2D eigenvalue weighted by Gasteiger charge is 2.21. The lowest BCUT2D eigenvalue weighted by Gasteiger charge is -2.23. The van der Waals surface area contributed by atoms with E-state index < -0.39 is 10.2 Å². The fraction of sp³-hybridized carbons (Fsp3) is 0.400. The predicted molar refractivity (Wildman–Crippen MR) is 51.0 cm³/mol. The van der Waals surface area contributed by atoms with Crippen molar-refractivity contribution in [2.24, 2.45) is 0 Å². The zero-order valence-corrected chi connectivity index (χ0v) is 11.1. The van der Waals surface area contributed by atoms with Gasteiger partial charge >= 0.3 is 6.09 Å². The van der Waals surface area contributed by atoms with E-state index in [-0.39, 0.29) is 6.09 Å². The van der Waals surface area contributed by atoms with E-state index in [1.165, 1.54) is 4.73 Å². The van der Waals surface area contributed by atoms with Crippen molar-refractivity contribution in [1.29, 1.82) is 0 Å². The van der Waals surface area contributed by atoms with Gasteiger partial charge in [-0.3, -0.25) is 4.90 Å². The summed E-state index contributed by atoms with van der Waals surface area (Å²) in [7, 11) is -4.94. The summed E-state index contributed by atoms with van der Waals surface area (Å²) in [5, 5.41) is 0. The van der Waals surface area contributed by atoms with E-state index >= 15 is 0 Å². The van der Waals surface area contributed by atoms with Crippen LogP contribution in [-0.2, 0) is 4.74 Å². The molecule has 1 fully saturated rings. The van der Waals surface area contributed by atoms with Crippen LogP contribution in [0, 0.1) is 10.2 Å². The maximum Gasteiger partial charge on any atom is 0.478 e. The average molecular weight is 309 g/mol. The summed E-state index contributed by atoms with van der Waals surface area (Å²) in [4.78, 5) is 18.3. The van der Waals surface area contributed by atoms with Crippen molar-refractivity contribution >= 4 is 6.09 Å². The van der Waals surface area contributed by atoms with Crippen molar-refractivity contribution in [3.63, 3.8) is 0 Å². The van der Waals surface area contributed by atoms with Crippen LogP contribution in [0.15, 0.2) is 30.6 Å². The van der Waals surface area contributed by atoms with Crippen molar-refractivity contribution in [3.05, 3.63) is 30.6 Å². The number of hydrogen-bond donors (Lipinski definition) is 0. The summed E-state index contributed by atoms with van der Waals surface area (Å²) in [6.45, 7) is 2.33. The Morgan fingerprint density at radius 2 is 1.60 bits per heavy atom. The predicted octanol–water partition coefficient (Wildman–Crippen LogP) is -4.90. The Labute approximate surface area is 116 Å². The Hall–Kier alpha value is -1.49. The number of nitrogens with zero attached hydrogens (tertiary/aromatic N) is 2. The van der Waals surface area contributed by atoms with Crippen molar-refractivity contribution < 1.29 is 48.0 Å². The van der Waals surface area contributed by atoms with E-state index in [0.29, 0.717) is 26.3 Å². The molecule has 0 radical (unpaired) electrons. The first-order valence-corrected chi connectivity index (χ1v) is 6.73. The molecule has 20 heavy (non-hydrogen) atoms. The van der Waals surface area contributed by atoms with Crippen LogP contribution in [0.5, 0.6) is 0 Å². The van der Waals surface area contributed by atoms with Gasteiger partial charge < -0.3 is 4.74 Å². The smallest absolute Gasteiger partial charge is 0.378 e. The van der Waals surface area contributed by atoms with Crippen molar-refractivity contribution in [1.82, 2.24) is 4.90 Å². The molecule has 1 aromatic heterocycles. The van der Waals surface area contributed by atoms with Crippen molar-refractivity contribution in [2.45, 2.75) is 0 Å². The molecule has 112 valence electrons. The summed E-state index contributed by atoms with van der Waals surface area (Å²) < 4.78 is 40.5. The number of rotatable bonds is 1. The van der Waals surface area contributed by atoms with Crippen molar-refractivity contribution in [3.8, 4) is 0 Å². The molecular weight excluding hydrogens is 296 g/mol. The van der Waals surface area contributed by atoms with Gasteiger partial charge in [-0.25, -0.2) is 23.4 Å².